The third-order valence-corrected chi connectivity index (χ3v) is 7.92. The molecule has 2 atom stereocenters. The van der Waals surface area contributed by atoms with Crippen LogP contribution in [0.5, 0.6) is 5.75 Å². The molecule has 0 radical (unpaired) electrons. The average Bonchev–Trinajstić information content (AvgIpc) is 3.36. The van der Waals surface area contributed by atoms with Crippen molar-refractivity contribution in [3.8, 4) is 5.75 Å². The van der Waals surface area contributed by atoms with E-state index in [0.29, 0.717) is 23.7 Å². The fraction of sp³-hybridized carbons (Fsp3) is 0.357. The van der Waals surface area contributed by atoms with Gasteiger partial charge in [-0.15, -0.1) is 11.3 Å². The van der Waals surface area contributed by atoms with Crippen LogP contribution >= 0.6 is 22.9 Å². The lowest BCUT2D eigenvalue weighted by atomic mass is 10.00. The molecule has 0 aliphatic carbocycles. The second-order valence-corrected chi connectivity index (χ2v) is 10.5. The Morgan fingerprint density at radius 1 is 1.19 bits per heavy atom. The van der Waals surface area contributed by atoms with Gasteiger partial charge in [0.05, 0.1) is 16.6 Å². The van der Waals surface area contributed by atoms with Crippen molar-refractivity contribution >= 4 is 34.8 Å². The maximum absolute atomic E-state index is 14.2. The highest BCUT2D eigenvalue weighted by Crippen LogP contribution is 2.34. The number of carbonyl (C=O) groups excluding carboxylic acids is 2. The maximum atomic E-state index is 14.2. The Hall–Kier alpha value is -2.90. The molecule has 0 fully saturated rings. The molecule has 1 aromatic heterocycles. The number of carbonyl (C=O) groups is 2. The minimum atomic E-state index is -0.443. The van der Waals surface area contributed by atoms with E-state index < -0.39 is 5.82 Å². The fourth-order valence-electron chi connectivity index (χ4n) is 4.39. The number of ether oxygens (including phenoxy) is 1. The van der Waals surface area contributed by atoms with E-state index in [1.165, 1.54) is 10.9 Å². The van der Waals surface area contributed by atoms with Crippen LogP contribution in [-0.4, -0.2) is 47.9 Å². The highest BCUT2D eigenvalue weighted by molar-refractivity contribution is 7.10. The number of thiophene rings is 1. The van der Waals surface area contributed by atoms with Gasteiger partial charge in [-0.1, -0.05) is 56.1 Å². The molecule has 4 rings (SSSR count). The first-order chi connectivity index (χ1) is 17.4. The first kappa shape index (κ1) is 26.2. The van der Waals surface area contributed by atoms with Crippen LogP contribution in [0, 0.1) is 11.7 Å². The van der Waals surface area contributed by atoms with E-state index in [-0.39, 0.29) is 42.7 Å². The lowest BCUT2D eigenvalue weighted by Crippen LogP contribution is -2.48. The first-order valence-electron chi connectivity index (χ1n) is 12.2. The van der Waals surface area contributed by atoms with Crippen LogP contribution in [0.3, 0.4) is 0 Å². The molecule has 8 heteroatoms. The smallest absolute Gasteiger partial charge is 0.255 e. The van der Waals surface area contributed by atoms with Crippen molar-refractivity contribution in [1.82, 2.24) is 9.80 Å². The SMILES string of the molecule is CC[C@H](C)CN(CC(=O)N1CCc2sccc2[C@@H]1COc1ccccc1F)C(=O)c1ccccc1Cl. The van der Waals surface area contributed by atoms with Crippen molar-refractivity contribution in [2.24, 2.45) is 5.92 Å². The number of benzene rings is 2. The summed E-state index contributed by atoms with van der Waals surface area (Å²) in [7, 11) is 0. The monoisotopic (exact) mass is 528 g/mol. The molecule has 5 nitrogen and oxygen atoms in total. The first-order valence-corrected chi connectivity index (χ1v) is 13.4. The second kappa shape index (κ2) is 11.9. The molecular formula is C28H30ClFN2O3S. The van der Waals surface area contributed by atoms with Gasteiger partial charge in [-0.3, -0.25) is 9.59 Å². The van der Waals surface area contributed by atoms with E-state index in [1.807, 2.05) is 11.4 Å². The Morgan fingerprint density at radius 2 is 1.94 bits per heavy atom. The Kier molecular flexibility index (Phi) is 8.64. The van der Waals surface area contributed by atoms with Gasteiger partial charge in [-0.2, -0.15) is 0 Å². The van der Waals surface area contributed by atoms with E-state index in [4.69, 9.17) is 16.3 Å². The van der Waals surface area contributed by atoms with Gasteiger partial charge < -0.3 is 14.5 Å². The zero-order valence-electron chi connectivity index (χ0n) is 20.5. The minimum Gasteiger partial charge on any atom is -0.488 e. The summed E-state index contributed by atoms with van der Waals surface area (Å²) in [4.78, 5) is 31.7. The number of halogens is 2. The number of hydrogen-bond acceptors (Lipinski definition) is 4. The normalized spacial score (nSPS) is 15.8. The number of fused-ring (bicyclic) bond motifs is 1. The molecule has 1 aliphatic rings. The van der Waals surface area contributed by atoms with Crippen molar-refractivity contribution in [3.63, 3.8) is 0 Å². The Labute approximate surface area is 220 Å². The summed E-state index contributed by atoms with van der Waals surface area (Å²) in [5, 5.41) is 2.37. The van der Waals surface area contributed by atoms with Gasteiger partial charge in [-0.25, -0.2) is 4.39 Å². The van der Waals surface area contributed by atoms with Gasteiger partial charge in [0, 0.05) is 18.0 Å². The molecule has 2 aromatic carbocycles. The van der Waals surface area contributed by atoms with Gasteiger partial charge in [0.2, 0.25) is 5.91 Å². The van der Waals surface area contributed by atoms with Crippen molar-refractivity contribution in [2.75, 3.05) is 26.2 Å². The topological polar surface area (TPSA) is 49.9 Å². The van der Waals surface area contributed by atoms with Gasteiger partial charge >= 0.3 is 0 Å². The zero-order chi connectivity index (χ0) is 25.7. The molecule has 0 unspecified atom stereocenters. The Balaban J connectivity index is 1.56. The number of rotatable bonds is 9. The summed E-state index contributed by atoms with van der Waals surface area (Å²) < 4.78 is 20.0. The van der Waals surface area contributed by atoms with E-state index in [9.17, 15) is 14.0 Å². The van der Waals surface area contributed by atoms with Crippen molar-refractivity contribution in [3.05, 3.63) is 86.8 Å². The summed E-state index contributed by atoms with van der Waals surface area (Å²) in [5.41, 5.74) is 1.40. The van der Waals surface area contributed by atoms with Crippen LogP contribution in [0.15, 0.2) is 60.0 Å². The molecule has 2 heterocycles. The molecule has 0 bridgehead atoms. The van der Waals surface area contributed by atoms with E-state index in [1.54, 1.807) is 63.6 Å². The maximum Gasteiger partial charge on any atom is 0.255 e. The lowest BCUT2D eigenvalue weighted by molar-refractivity contribution is -0.135. The van der Waals surface area contributed by atoms with E-state index in [2.05, 4.69) is 13.8 Å². The van der Waals surface area contributed by atoms with E-state index in [0.717, 1.165) is 18.4 Å². The van der Waals surface area contributed by atoms with Crippen molar-refractivity contribution < 1.29 is 18.7 Å². The standard InChI is InChI=1S/C28H30ClFN2O3S/c1-3-19(2)16-31(28(34)20-8-4-5-9-22(20)29)17-27(33)32-14-12-26-21(13-15-36-26)24(32)18-35-25-11-7-6-10-23(25)30/h4-11,13,15,19,24H,3,12,14,16-18H2,1-2H3/t19-,24-/m0/s1. The molecule has 0 saturated heterocycles. The van der Waals surface area contributed by atoms with Crippen LogP contribution < -0.4 is 4.74 Å². The van der Waals surface area contributed by atoms with Crippen LogP contribution in [0.2, 0.25) is 5.02 Å². The predicted octanol–water partition coefficient (Wildman–Crippen LogP) is 6.23. The van der Waals surface area contributed by atoms with Crippen LogP contribution in [0.4, 0.5) is 4.39 Å². The Morgan fingerprint density at radius 3 is 2.69 bits per heavy atom. The van der Waals surface area contributed by atoms with Crippen LogP contribution in [0.25, 0.3) is 0 Å². The summed E-state index contributed by atoms with van der Waals surface area (Å²) in [6.07, 6.45) is 1.61. The van der Waals surface area contributed by atoms with E-state index >= 15 is 0 Å². The number of para-hydroxylation sites is 1. The molecule has 2 amide bonds. The minimum absolute atomic E-state index is 0.0654. The van der Waals surface area contributed by atoms with Crippen molar-refractivity contribution in [2.45, 2.75) is 32.7 Å². The van der Waals surface area contributed by atoms with Gasteiger partial charge in [0.15, 0.2) is 11.6 Å². The zero-order valence-corrected chi connectivity index (χ0v) is 22.0. The highest BCUT2D eigenvalue weighted by Gasteiger charge is 2.34. The Bertz CT molecular complexity index is 1220. The lowest BCUT2D eigenvalue weighted by Gasteiger charge is -2.37. The van der Waals surface area contributed by atoms with Crippen molar-refractivity contribution in [1.29, 1.82) is 0 Å². The van der Waals surface area contributed by atoms with Gasteiger partial charge in [0.25, 0.3) is 5.91 Å². The predicted molar refractivity (Wildman–Crippen MR) is 141 cm³/mol. The summed E-state index contributed by atoms with van der Waals surface area (Å²) in [5.74, 6) is -0.505. The molecular weight excluding hydrogens is 499 g/mol. The summed E-state index contributed by atoms with van der Waals surface area (Å²) in [6, 6.07) is 14.8. The number of amides is 2. The second-order valence-electron chi connectivity index (χ2n) is 9.07. The molecule has 3 aromatic rings. The third-order valence-electron chi connectivity index (χ3n) is 6.60. The quantitative estimate of drug-likeness (QED) is 0.330. The number of nitrogens with zero attached hydrogens (tertiary/aromatic N) is 2. The molecule has 0 saturated carbocycles. The number of hydrogen-bond donors (Lipinski definition) is 0. The molecule has 1 aliphatic heterocycles. The van der Waals surface area contributed by atoms with Gasteiger partial charge in [0.1, 0.15) is 13.2 Å². The molecule has 0 spiro atoms. The summed E-state index contributed by atoms with van der Waals surface area (Å²) in [6.45, 7) is 5.13. The fourth-order valence-corrected chi connectivity index (χ4v) is 5.53. The molecule has 36 heavy (non-hydrogen) atoms. The summed E-state index contributed by atoms with van der Waals surface area (Å²) >= 11 is 7.96. The highest BCUT2D eigenvalue weighted by atomic mass is 35.5. The molecule has 0 N–H and O–H groups in total. The van der Waals surface area contributed by atoms with Crippen LogP contribution in [-0.2, 0) is 11.2 Å². The third kappa shape index (κ3) is 5.90. The van der Waals surface area contributed by atoms with Crippen LogP contribution in [0.1, 0.15) is 47.1 Å². The average molecular weight is 529 g/mol. The van der Waals surface area contributed by atoms with Gasteiger partial charge in [-0.05, 0) is 53.6 Å². The largest absolute Gasteiger partial charge is 0.488 e. The molecule has 190 valence electrons.